The lowest BCUT2D eigenvalue weighted by Gasteiger charge is -2.23. The summed E-state index contributed by atoms with van der Waals surface area (Å²) >= 11 is 0. The first-order valence-electron chi connectivity index (χ1n) is 6.26. The Bertz CT molecular complexity index is 231. The zero-order chi connectivity index (χ0) is 12.1. The molecule has 1 aliphatic rings. The molecule has 1 amide bonds. The van der Waals surface area contributed by atoms with Gasteiger partial charge in [0.15, 0.2) is 0 Å². The molecule has 1 heterocycles. The van der Waals surface area contributed by atoms with Crippen molar-refractivity contribution < 1.29 is 9.90 Å². The summed E-state index contributed by atoms with van der Waals surface area (Å²) in [6, 6.07) is -0.0738. The fourth-order valence-corrected chi connectivity index (χ4v) is 2.12. The topological polar surface area (TPSA) is 52.6 Å². The van der Waals surface area contributed by atoms with Crippen molar-refractivity contribution in [1.29, 1.82) is 0 Å². The quantitative estimate of drug-likeness (QED) is 0.724. The van der Waals surface area contributed by atoms with Crippen LogP contribution in [0.2, 0.25) is 0 Å². The molecule has 16 heavy (non-hydrogen) atoms. The number of rotatable bonds is 5. The molecule has 0 aromatic rings. The Morgan fingerprint density at radius 2 is 2.25 bits per heavy atom. The fourth-order valence-electron chi connectivity index (χ4n) is 2.12. The zero-order valence-electron chi connectivity index (χ0n) is 10.6. The van der Waals surface area contributed by atoms with Gasteiger partial charge in [0.1, 0.15) is 0 Å². The molecule has 0 spiro atoms. The summed E-state index contributed by atoms with van der Waals surface area (Å²) in [6.07, 6.45) is 1.69. The molecule has 1 saturated heterocycles. The van der Waals surface area contributed by atoms with E-state index in [1.807, 2.05) is 20.8 Å². The highest BCUT2D eigenvalue weighted by Gasteiger charge is 2.31. The third kappa shape index (κ3) is 3.46. The number of hydrogen-bond donors (Lipinski definition) is 2. The van der Waals surface area contributed by atoms with Gasteiger partial charge in [0.25, 0.3) is 0 Å². The van der Waals surface area contributed by atoms with Crippen molar-refractivity contribution in [3.63, 3.8) is 0 Å². The number of hydrogen-bond acceptors (Lipinski definition) is 3. The van der Waals surface area contributed by atoms with Gasteiger partial charge < -0.3 is 10.4 Å². The van der Waals surface area contributed by atoms with Crippen LogP contribution >= 0.6 is 0 Å². The van der Waals surface area contributed by atoms with E-state index in [0.29, 0.717) is 5.92 Å². The molecule has 4 nitrogen and oxygen atoms in total. The van der Waals surface area contributed by atoms with E-state index in [0.717, 1.165) is 32.5 Å². The molecule has 1 aliphatic heterocycles. The smallest absolute Gasteiger partial charge is 0.237 e. The van der Waals surface area contributed by atoms with E-state index in [1.165, 1.54) is 0 Å². The van der Waals surface area contributed by atoms with E-state index in [1.54, 1.807) is 0 Å². The number of aliphatic hydroxyl groups is 1. The molecular formula is C12H24N2O2. The van der Waals surface area contributed by atoms with Gasteiger partial charge in [-0.25, -0.2) is 0 Å². The zero-order valence-corrected chi connectivity index (χ0v) is 10.6. The highest BCUT2D eigenvalue weighted by Crippen LogP contribution is 2.21. The largest absolute Gasteiger partial charge is 0.393 e. The van der Waals surface area contributed by atoms with Gasteiger partial charge in [0, 0.05) is 13.1 Å². The Morgan fingerprint density at radius 1 is 1.56 bits per heavy atom. The van der Waals surface area contributed by atoms with Crippen molar-refractivity contribution in [2.24, 2.45) is 5.92 Å². The summed E-state index contributed by atoms with van der Waals surface area (Å²) in [5.41, 5.74) is 0. The molecule has 3 unspecified atom stereocenters. The average molecular weight is 228 g/mol. The number of nitrogens with one attached hydrogen (secondary N) is 1. The molecule has 94 valence electrons. The first-order chi connectivity index (χ1) is 7.56. The third-order valence-corrected chi connectivity index (χ3v) is 3.41. The monoisotopic (exact) mass is 228 g/mol. The van der Waals surface area contributed by atoms with Crippen molar-refractivity contribution in [3.8, 4) is 0 Å². The van der Waals surface area contributed by atoms with Crippen LogP contribution in [0.5, 0.6) is 0 Å². The average Bonchev–Trinajstić information content (AvgIpc) is 2.74. The molecule has 3 atom stereocenters. The van der Waals surface area contributed by atoms with E-state index in [2.05, 4.69) is 10.2 Å². The van der Waals surface area contributed by atoms with Crippen LogP contribution in [0.15, 0.2) is 0 Å². The van der Waals surface area contributed by atoms with Crippen LogP contribution in [0.1, 0.15) is 33.6 Å². The Kier molecular flexibility index (Phi) is 5.22. The minimum Gasteiger partial charge on any atom is -0.393 e. The van der Waals surface area contributed by atoms with Crippen LogP contribution in [-0.4, -0.2) is 47.7 Å². The van der Waals surface area contributed by atoms with Crippen LogP contribution in [0.3, 0.4) is 0 Å². The number of carbonyl (C=O) groups excluding carboxylic acids is 1. The summed E-state index contributed by atoms with van der Waals surface area (Å²) in [5.74, 6) is 0.425. The fraction of sp³-hybridized carbons (Fsp3) is 0.917. The van der Waals surface area contributed by atoms with Crippen molar-refractivity contribution >= 4 is 5.91 Å². The number of carbonyl (C=O) groups is 1. The van der Waals surface area contributed by atoms with Crippen LogP contribution in [0.25, 0.3) is 0 Å². The number of amides is 1. The van der Waals surface area contributed by atoms with E-state index < -0.39 is 0 Å². The predicted molar refractivity (Wildman–Crippen MR) is 64.1 cm³/mol. The first-order valence-corrected chi connectivity index (χ1v) is 6.26. The van der Waals surface area contributed by atoms with Gasteiger partial charge in [-0.2, -0.15) is 0 Å². The second-order valence-electron chi connectivity index (χ2n) is 4.75. The minimum absolute atomic E-state index is 0.0738. The molecule has 0 aliphatic carbocycles. The van der Waals surface area contributed by atoms with Gasteiger partial charge in [-0.15, -0.1) is 0 Å². The van der Waals surface area contributed by atoms with Crippen molar-refractivity contribution in [2.75, 3.05) is 19.6 Å². The number of likely N-dealkylation sites (tertiary alicyclic amines) is 1. The number of aliphatic hydroxyl groups excluding tert-OH is 1. The van der Waals surface area contributed by atoms with Crippen molar-refractivity contribution in [3.05, 3.63) is 0 Å². The molecular weight excluding hydrogens is 204 g/mol. The molecule has 2 N–H and O–H groups in total. The Hall–Kier alpha value is -0.610. The third-order valence-electron chi connectivity index (χ3n) is 3.41. The lowest BCUT2D eigenvalue weighted by molar-refractivity contribution is -0.125. The van der Waals surface area contributed by atoms with Gasteiger partial charge in [-0.3, -0.25) is 9.69 Å². The summed E-state index contributed by atoms with van der Waals surface area (Å²) < 4.78 is 0. The van der Waals surface area contributed by atoms with E-state index in [4.69, 9.17) is 0 Å². The number of nitrogens with zero attached hydrogens (tertiary/aromatic N) is 1. The van der Waals surface area contributed by atoms with E-state index in [-0.39, 0.29) is 18.1 Å². The first kappa shape index (κ1) is 13.5. The molecule has 0 bridgehead atoms. The summed E-state index contributed by atoms with van der Waals surface area (Å²) in [5, 5.41) is 12.4. The minimum atomic E-state index is -0.268. The standard InChI is InChI=1S/C12H24N2O2/c1-4-6-13-12(16)9(2)14-7-5-11(8-14)10(3)15/h9-11,15H,4-8H2,1-3H3,(H,13,16). The maximum Gasteiger partial charge on any atom is 0.237 e. The maximum atomic E-state index is 11.8. The maximum absolute atomic E-state index is 11.8. The second-order valence-corrected chi connectivity index (χ2v) is 4.75. The highest BCUT2D eigenvalue weighted by atomic mass is 16.3. The van der Waals surface area contributed by atoms with Crippen LogP contribution < -0.4 is 5.32 Å². The van der Waals surface area contributed by atoms with E-state index in [9.17, 15) is 9.90 Å². The molecule has 4 heteroatoms. The normalized spacial score (nSPS) is 25.4. The van der Waals surface area contributed by atoms with Gasteiger partial charge in [-0.1, -0.05) is 6.92 Å². The second kappa shape index (κ2) is 6.21. The summed E-state index contributed by atoms with van der Waals surface area (Å²) in [4.78, 5) is 13.9. The predicted octanol–water partition coefficient (Wildman–Crippen LogP) is 0.604. The van der Waals surface area contributed by atoms with Crippen LogP contribution in [0.4, 0.5) is 0 Å². The summed E-state index contributed by atoms with van der Waals surface area (Å²) in [6.45, 7) is 8.31. The molecule has 0 radical (unpaired) electrons. The van der Waals surface area contributed by atoms with Crippen LogP contribution in [-0.2, 0) is 4.79 Å². The molecule has 0 saturated carbocycles. The molecule has 0 aromatic carbocycles. The highest BCUT2D eigenvalue weighted by molar-refractivity contribution is 5.81. The molecule has 1 fully saturated rings. The lowest BCUT2D eigenvalue weighted by atomic mass is 10.0. The van der Waals surface area contributed by atoms with Gasteiger partial charge in [0.2, 0.25) is 5.91 Å². The summed E-state index contributed by atoms with van der Waals surface area (Å²) in [7, 11) is 0. The SMILES string of the molecule is CCCNC(=O)C(C)N1CCC(C(C)O)C1. The Balaban J connectivity index is 2.38. The van der Waals surface area contributed by atoms with Crippen LogP contribution in [0, 0.1) is 5.92 Å². The Morgan fingerprint density at radius 3 is 2.75 bits per heavy atom. The lowest BCUT2D eigenvalue weighted by Crippen LogP contribution is -2.44. The molecule has 1 rings (SSSR count). The molecule has 0 aromatic heterocycles. The van der Waals surface area contributed by atoms with Crippen molar-refractivity contribution in [1.82, 2.24) is 10.2 Å². The van der Waals surface area contributed by atoms with Gasteiger partial charge in [0.05, 0.1) is 12.1 Å². The van der Waals surface area contributed by atoms with E-state index >= 15 is 0 Å². The van der Waals surface area contributed by atoms with Gasteiger partial charge >= 0.3 is 0 Å². The Labute approximate surface area is 98.0 Å². The van der Waals surface area contributed by atoms with Gasteiger partial charge in [-0.05, 0) is 39.2 Å². The van der Waals surface area contributed by atoms with Crippen molar-refractivity contribution in [2.45, 2.75) is 45.8 Å².